The van der Waals surface area contributed by atoms with Gasteiger partial charge in [-0.2, -0.15) is 4.98 Å². The van der Waals surface area contributed by atoms with Crippen LogP contribution < -0.4 is 0 Å². The highest BCUT2D eigenvalue weighted by atomic mass is 32.1. The first-order valence-electron chi connectivity index (χ1n) is 7.89. The summed E-state index contributed by atoms with van der Waals surface area (Å²) in [5.41, 5.74) is 2.35. The van der Waals surface area contributed by atoms with Crippen LogP contribution in [-0.2, 0) is 10.2 Å². The topological polar surface area (TPSA) is 81.4 Å². The molecule has 3 rings (SSSR count). The Morgan fingerprint density at radius 1 is 1.46 bits per heavy atom. The molecule has 7 nitrogen and oxygen atoms in total. The Morgan fingerprint density at radius 3 is 2.79 bits per heavy atom. The van der Waals surface area contributed by atoms with Gasteiger partial charge in [0.25, 0.3) is 5.91 Å². The van der Waals surface area contributed by atoms with Crippen LogP contribution in [0, 0.1) is 6.92 Å². The fourth-order valence-electron chi connectivity index (χ4n) is 2.94. The molecule has 8 heteroatoms. The van der Waals surface area contributed by atoms with Crippen molar-refractivity contribution in [2.24, 2.45) is 0 Å². The number of aromatic nitrogens is 3. The van der Waals surface area contributed by atoms with E-state index in [1.165, 1.54) is 11.3 Å². The van der Waals surface area contributed by atoms with Gasteiger partial charge in [-0.3, -0.25) is 4.79 Å². The van der Waals surface area contributed by atoms with Gasteiger partial charge < -0.3 is 14.2 Å². The van der Waals surface area contributed by atoms with Crippen LogP contribution in [0.15, 0.2) is 10.0 Å². The van der Waals surface area contributed by atoms with Gasteiger partial charge in [0.05, 0.1) is 17.3 Å². The van der Waals surface area contributed by atoms with E-state index in [-0.39, 0.29) is 23.5 Å². The number of rotatable bonds is 3. The Kier molecular flexibility index (Phi) is 4.44. The fraction of sp³-hybridized carbons (Fsp3) is 0.625. The van der Waals surface area contributed by atoms with Gasteiger partial charge in [0.15, 0.2) is 5.82 Å². The summed E-state index contributed by atoms with van der Waals surface area (Å²) < 4.78 is 10.8. The Hall–Kier alpha value is -1.80. The van der Waals surface area contributed by atoms with Gasteiger partial charge in [0.1, 0.15) is 10.9 Å². The Bertz CT molecular complexity index is 734. The van der Waals surface area contributed by atoms with Crippen molar-refractivity contribution in [2.45, 2.75) is 51.7 Å². The molecule has 2 atom stereocenters. The minimum Gasteiger partial charge on any atom is -0.380 e. The monoisotopic (exact) mass is 350 g/mol. The number of methoxy groups -OCH3 is 1. The number of hydrogen-bond acceptors (Lipinski definition) is 7. The third kappa shape index (κ3) is 3.08. The summed E-state index contributed by atoms with van der Waals surface area (Å²) in [5, 5.41) is 3.85. The quantitative estimate of drug-likeness (QED) is 0.846. The minimum absolute atomic E-state index is 0.0443. The molecule has 2 aromatic rings. The van der Waals surface area contributed by atoms with E-state index in [0.29, 0.717) is 29.6 Å². The second-order valence-electron chi connectivity index (χ2n) is 7.03. The molecule has 24 heavy (non-hydrogen) atoms. The molecule has 0 aliphatic carbocycles. The van der Waals surface area contributed by atoms with Crippen molar-refractivity contribution in [3.63, 3.8) is 0 Å². The number of aryl methyl sites for hydroxylation is 1. The SMILES string of the molecule is CO[C@H]1C[C@H](c2nc(C)no2)N(C(=O)c2scnc2C(C)(C)C)C1. The molecule has 2 aromatic heterocycles. The highest BCUT2D eigenvalue weighted by Gasteiger charge is 2.41. The van der Waals surface area contributed by atoms with Crippen molar-refractivity contribution in [3.8, 4) is 0 Å². The van der Waals surface area contributed by atoms with E-state index in [4.69, 9.17) is 9.26 Å². The van der Waals surface area contributed by atoms with Gasteiger partial charge in [-0.25, -0.2) is 4.98 Å². The number of carbonyl (C=O) groups excluding carboxylic acids is 1. The standard InChI is InChI=1S/C16H22N4O3S/c1-9-18-14(23-19-9)11-6-10(22-5)7-20(11)15(21)12-13(16(2,3)4)17-8-24-12/h8,10-11H,6-7H2,1-5H3/t10-,11+/m0/s1. The lowest BCUT2D eigenvalue weighted by molar-refractivity contribution is 0.0673. The third-order valence-electron chi connectivity index (χ3n) is 4.16. The largest absolute Gasteiger partial charge is 0.380 e. The molecule has 1 aliphatic rings. The molecule has 0 bridgehead atoms. The van der Waals surface area contributed by atoms with Gasteiger partial charge >= 0.3 is 0 Å². The fourth-order valence-corrected chi connectivity index (χ4v) is 3.89. The Labute approximate surface area is 145 Å². The molecule has 0 N–H and O–H groups in total. The summed E-state index contributed by atoms with van der Waals surface area (Å²) in [6.07, 6.45) is 0.602. The predicted octanol–water partition coefficient (Wildman–Crippen LogP) is 2.73. The lowest BCUT2D eigenvalue weighted by Crippen LogP contribution is -2.33. The van der Waals surface area contributed by atoms with Crippen LogP contribution in [0.4, 0.5) is 0 Å². The van der Waals surface area contributed by atoms with E-state index in [1.807, 2.05) is 0 Å². The predicted molar refractivity (Wildman–Crippen MR) is 89.0 cm³/mol. The molecule has 0 spiro atoms. The molecule has 0 unspecified atom stereocenters. The molecular weight excluding hydrogens is 328 g/mol. The molecule has 1 aliphatic heterocycles. The first-order valence-corrected chi connectivity index (χ1v) is 8.77. The highest BCUT2D eigenvalue weighted by molar-refractivity contribution is 7.11. The molecule has 0 saturated carbocycles. The molecule has 0 radical (unpaired) electrons. The third-order valence-corrected chi connectivity index (χ3v) is 4.97. The molecular formula is C16H22N4O3S. The zero-order valence-corrected chi connectivity index (χ0v) is 15.4. The minimum atomic E-state index is -0.265. The van der Waals surface area contributed by atoms with Crippen molar-refractivity contribution < 1.29 is 14.1 Å². The van der Waals surface area contributed by atoms with Gasteiger partial charge in [0.2, 0.25) is 5.89 Å². The summed E-state index contributed by atoms with van der Waals surface area (Å²) in [6.45, 7) is 8.44. The van der Waals surface area contributed by atoms with E-state index >= 15 is 0 Å². The number of amides is 1. The number of thiazole rings is 1. The summed E-state index contributed by atoms with van der Waals surface area (Å²) in [6, 6.07) is -0.265. The zero-order chi connectivity index (χ0) is 17.5. The lowest BCUT2D eigenvalue weighted by Gasteiger charge is -2.23. The van der Waals surface area contributed by atoms with Crippen LogP contribution in [0.5, 0.6) is 0 Å². The van der Waals surface area contributed by atoms with Gasteiger partial charge in [0, 0.05) is 25.5 Å². The maximum atomic E-state index is 13.2. The van der Waals surface area contributed by atoms with Crippen LogP contribution in [-0.4, -0.2) is 45.7 Å². The van der Waals surface area contributed by atoms with Crippen molar-refractivity contribution in [3.05, 3.63) is 27.8 Å². The Morgan fingerprint density at radius 2 is 2.21 bits per heavy atom. The normalized spacial score (nSPS) is 21.5. The van der Waals surface area contributed by atoms with E-state index in [1.54, 1.807) is 24.4 Å². The Balaban J connectivity index is 1.94. The number of carbonyl (C=O) groups is 1. The maximum Gasteiger partial charge on any atom is 0.266 e. The van der Waals surface area contributed by atoms with Crippen molar-refractivity contribution in [1.82, 2.24) is 20.0 Å². The average Bonchev–Trinajstić information content (AvgIpc) is 3.23. The number of likely N-dealkylation sites (tertiary alicyclic amines) is 1. The first kappa shape index (κ1) is 17.0. The van der Waals surface area contributed by atoms with Crippen LogP contribution >= 0.6 is 11.3 Å². The van der Waals surface area contributed by atoms with Crippen LogP contribution in [0.25, 0.3) is 0 Å². The average molecular weight is 350 g/mol. The molecule has 1 amide bonds. The second kappa shape index (κ2) is 6.25. The van der Waals surface area contributed by atoms with Gasteiger partial charge in [-0.05, 0) is 6.92 Å². The summed E-state index contributed by atoms with van der Waals surface area (Å²) in [4.78, 5) is 24.3. The van der Waals surface area contributed by atoms with Crippen molar-refractivity contribution in [2.75, 3.05) is 13.7 Å². The van der Waals surface area contributed by atoms with Gasteiger partial charge in [-0.1, -0.05) is 25.9 Å². The molecule has 1 saturated heterocycles. The zero-order valence-electron chi connectivity index (χ0n) is 14.6. The summed E-state index contributed by atoms with van der Waals surface area (Å²) >= 11 is 1.37. The summed E-state index contributed by atoms with van der Waals surface area (Å²) in [7, 11) is 1.65. The molecule has 1 fully saturated rings. The smallest absolute Gasteiger partial charge is 0.266 e. The van der Waals surface area contributed by atoms with Crippen LogP contribution in [0.2, 0.25) is 0 Å². The number of nitrogens with zero attached hydrogens (tertiary/aromatic N) is 4. The molecule has 3 heterocycles. The number of hydrogen-bond donors (Lipinski definition) is 0. The van der Waals surface area contributed by atoms with Gasteiger partial charge in [-0.15, -0.1) is 11.3 Å². The van der Waals surface area contributed by atoms with E-state index in [2.05, 4.69) is 35.9 Å². The van der Waals surface area contributed by atoms with E-state index in [0.717, 1.165) is 5.69 Å². The van der Waals surface area contributed by atoms with Crippen LogP contribution in [0.1, 0.15) is 60.3 Å². The van der Waals surface area contributed by atoms with E-state index in [9.17, 15) is 4.79 Å². The lowest BCUT2D eigenvalue weighted by atomic mass is 9.91. The summed E-state index contributed by atoms with van der Waals surface area (Å²) in [5.74, 6) is 0.969. The second-order valence-corrected chi connectivity index (χ2v) is 7.88. The molecule has 0 aromatic carbocycles. The van der Waals surface area contributed by atoms with E-state index < -0.39 is 0 Å². The molecule has 130 valence electrons. The first-order chi connectivity index (χ1) is 11.3. The van der Waals surface area contributed by atoms with Crippen molar-refractivity contribution >= 4 is 17.2 Å². The van der Waals surface area contributed by atoms with Crippen LogP contribution in [0.3, 0.4) is 0 Å². The maximum absolute atomic E-state index is 13.2. The highest BCUT2D eigenvalue weighted by Crippen LogP contribution is 2.36. The number of ether oxygens (including phenoxy) is 1. The van der Waals surface area contributed by atoms with Crippen molar-refractivity contribution in [1.29, 1.82) is 0 Å².